The molecule has 0 unspecified atom stereocenters. The summed E-state index contributed by atoms with van der Waals surface area (Å²) >= 11 is 0. The Balaban J connectivity index is 2.76. The van der Waals surface area contributed by atoms with E-state index in [0.29, 0.717) is 4.90 Å². The van der Waals surface area contributed by atoms with Crippen molar-refractivity contribution >= 4 is 6.09 Å². The molecule has 1 aromatic heterocycles. The molecule has 0 atom stereocenters. The minimum atomic E-state index is -1.04. The summed E-state index contributed by atoms with van der Waals surface area (Å²) in [7, 11) is 0. The van der Waals surface area contributed by atoms with Gasteiger partial charge in [0.25, 0.3) is 0 Å². The molecule has 1 aromatic rings. The van der Waals surface area contributed by atoms with Crippen LogP contribution >= 0.6 is 0 Å². The van der Waals surface area contributed by atoms with Gasteiger partial charge in [0.2, 0.25) is 0 Å². The maximum atomic E-state index is 10.3. The van der Waals surface area contributed by atoms with Crippen molar-refractivity contribution in [2.45, 2.75) is 0 Å². The van der Waals surface area contributed by atoms with Crippen molar-refractivity contribution in [2.75, 3.05) is 0 Å². The first kappa shape index (κ1) is 6.40. The summed E-state index contributed by atoms with van der Waals surface area (Å²) in [6, 6.07) is 1.09. The minimum absolute atomic E-state index is 0.574. The van der Waals surface area contributed by atoms with E-state index in [0.717, 1.165) is 12.3 Å². The molecule has 0 aliphatic carbocycles. The molecule has 0 aromatic carbocycles. The molecule has 6 nitrogen and oxygen atoms in total. The van der Waals surface area contributed by atoms with Crippen LogP contribution < -0.4 is 16.2 Å². The maximum absolute atomic E-state index is 10.3. The Bertz CT molecular complexity index is 285. The van der Waals surface area contributed by atoms with E-state index in [1.165, 1.54) is 0 Å². The maximum Gasteiger partial charge on any atom is 0.431 e. The van der Waals surface area contributed by atoms with Crippen LogP contribution in [0.15, 0.2) is 21.6 Å². The summed E-state index contributed by atoms with van der Waals surface area (Å²) < 4.78 is 4.23. The van der Waals surface area contributed by atoms with Gasteiger partial charge >= 0.3 is 11.7 Å². The van der Waals surface area contributed by atoms with Crippen LogP contribution in [0.1, 0.15) is 0 Å². The van der Waals surface area contributed by atoms with E-state index in [-0.39, 0.29) is 0 Å². The van der Waals surface area contributed by atoms with Crippen molar-refractivity contribution in [2.24, 2.45) is 5.73 Å². The van der Waals surface area contributed by atoms with E-state index in [9.17, 15) is 9.59 Å². The standard InChI is InChI=1S/C4H4N2O4/c5-4(8)10-6-2-1-3(7)9-6/h1-2H,(H2,5,8). The second-order valence-corrected chi connectivity index (χ2v) is 1.42. The minimum Gasteiger partial charge on any atom is -0.333 e. The highest BCUT2D eigenvalue weighted by molar-refractivity contribution is 5.64. The van der Waals surface area contributed by atoms with Crippen molar-refractivity contribution in [3.8, 4) is 0 Å². The first-order valence-corrected chi connectivity index (χ1v) is 2.35. The highest BCUT2D eigenvalue weighted by Crippen LogP contribution is 1.76. The van der Waals surface area contributed by atoms with Crippen LogP contribution in [0.4, 0.5) is 4.79 Å². The van der Waals surface area contributed by atoms with Gasteiger partial charge in [-0.2, -0.15) is 0 Å². The lowest BCUT2D eigenvalue weighted by atomic mass is 10.8. The van der Waals surface area contributed by atoms with Crippen LogP contribution in [0.5, 0.6) is 0 Å². The zero-order valence-corrected chi connectivity index (χ0v) is 4.81. The van der Waals surface area contributed by atoms with Crippen LogP contribution in [-0.4, -0.2) is 11.0 Å². The third-order valence-electron chi connectivity index (χ3n) is 0.692. The smallest absolute Gasteiger partial charge is 0.333 e. The average molecular weight is 144 g/mol. The molecule has 0 aliphatic heterocycles. The summed E-state index contributed by atoms with van der Waals surface area (Å²) in [6.07, 6.45) is 0.0898. The molecule has 0 aliphatic rings. The number of rotatable bonds is 1. The zero-order chi connectivity index (χ0) is 7.56. The van der Waals surface area contributed by atoms with Gasteiger partial charge in [0.1, 0.15) is 0 Å². The summed E-state index contributed by atoms with van der Waals surface area (Å²) in [4.78, 5) is 24.9. The number of carbonyl (C=O) groups is 1. The van der Waals surface area contributed by atoms with Gasteiger partial charge in [-0.1, -0.05) is 0 Å². The first-order chi connectivity index (χ1) is 4.68. The fraction of sp³-hybridized carbons (Fsp3) is 0. The lowest BCUT2D eigenvalue weighted by Crippen LogP contribution is -2.24. The molecule has 0 spiro atoms. The van der Waals surface area contributed by atoms with Gasteiger partial charge in [0, 0.05) is 6.07 Å². The van der Waals surface area contributed by atoms with Crippen LogP contribution in [0, 0.1) is 0 Å². The van der Waals surface area contributed by atoms with Crippen molar-refractivity contribution in [1.82, 2.24) is 4.90 Å². The Morgan fingerprint density at radius 2 is 2.50 bits per heavy atom. The topological polar surface area (TPSA) is 87.5 Å². The molecule has 0 bridgehead atoms. The highest BCUT2D eigenvalue weighted by atomic mass is 16.8. The number of amides is 1. The highest BCUT2D eigenvalue weighted by Gasteiger charge is 1.97. The van der Waals surface area contributed by atoms with Crippen molar-refractivity contribution in [1.29, 1.82) is 0 Å². The van der Waals surface area contributed by atoms with Gasteiger partial charge < -0.3 is 10.3 Å². The predicted molar refractivity (Wildman–Crippen MR) is 29.1 cm³/mol. The third kappa shape index (κ3) is 1.38. The molecule has 10 heavy (non-hydrogen) atoms. The number of aromatic nitrogens is 1. The number of hydrogen-bond acceptors (Lipinski definition) is 4. The Morgan fingerprint density at radius 3 is 2.90 bits per heavy atom. The molecule has 1 amide bonds. The summed E-state index contributed by atoms with van der Waals surface area (Å²) in [5.74, 6) is 0. The van der Waals surface area contributed by atoms with Crippen LogP contribution in [-0.2, 0) is 0 Å². The van der Waals surface area contributed by atoms with Gasteiger partial charge in [-0.05, 0) is 4.90 Å². The quantitative estimate of drug-likeness (QED) is 0.544. The molecule has 1 heterocycles. The lowest BCUT2D eigenvalue weighted by molar-refractivity contribution is 0.0222. The van der Waals surface area contributed by atoms with Gasteiger partial charge in [-0.15, -0.1) is 0 Å². The second kappa shape index (κ2) is 2.26. The van der Waals surface area contributed by atoms with Gasteiger partial charge in [0.15, 0.2) is 0 Å². The third-order valence-corrected chi connectivity index (χ3v) is 0.692. The molecule has 0 saturated carbocycles. The zero-order valence-electron chi connectivity index (χ0n) is 4.81. The second-order valence-electron chi connectivity index (χ2n) is 1.42. The van der Waals surface area contributed by atoms with Crippen LogP contribution in [0.25, 0.3) is 0 Å². The fourth-order valence-corrected chi connectivity index (χ4v) is 0.409. The Hall–Kier alpha value is -1.72. The number of nitrogens with zero attached hydrogens (tertiary/aromatic N) is 1. The van der Waals surface area contributed by atoms with E-state index < -0.39 is 11.7 Å². The van der Waals surface area contributed by atoms with E-state index in [1.54, 1.807) is 0 Å². The number of carbonyl (C=O) groups excluding carboxylic acids is 1. The molecular weight excluding hydrogens is 140 g/mol. The van der Waals surface area contributed by atoms with E-state index in [4.69, 9.17) is 0 Å². The summed E-state index contributed by atoms with van der Waals surface area (Å²) in [5.41, 5.74) is 3.98. The molecular formula is C4H4N2O4. The Morgan fingerprint density at radius 1 is 1.80 bits per heavy atom. The molecule has 0 saturated heterocycles. The average Bonchev–Trinajstić information content (AvgIpc) is 2.13. The molecule has 6 heteroatoms. The van der Waals surface area contributed by atoms with Gasteiger partial charge in [-0.3, -0.25) is 4.84 Å². The van der Waals surface area contributed by atoms with Crippen molar-refractivity contribution in [3.63, 3.8) is 0 Å². The van der Waals surface area contributed by atoms with E-state index >= 15 is 0 Å². The molecule has 1 rings (SSSR count). The Labute approximate surface area is 54.7 Å². The number of primary amides is 1. The SMILES string of the molecule is NC(=O)On1ccc(=O)o1. The van der Waals surface area contributed by atoms with E-state index in [2.05, 4.69) is 15.1 Å². The summed E-state index contributed by atoms with van der Waals surface area (Å²) in [6.45, 7) is 0. The number of hydrogen-bond donors (Lipinski definition) is 1. The molecule has 0 fully saturated rings. The molecule has 2 N–H and O–H groups in total. The Kier molecular flexibility index (Phi) is 1.44. The first-order valence-electron chi connectivity index (χ1n) is 2.35. The van der Waals surface area contributed by atoms with E-state index in [1.807, 2.05) is 0 Å². The van der Waals surface area contributed by atoms with Crippen molar-refractivity contribution in [3.05, 3.63) is 22.7 Å². The molecule has 54 valence electrons. The van der Waals surface area contributed by atoms with Crippen LogP contribution in [0.2, 0.25) is 0 Å². The van der Waals surface area contributed by atoms with Crippen LogP contribution in [0.3, 0.4) is 0 Å². The largest absolute Gasteiger partial charge is 0.431 e. The monoisotopic (exact) mass is 144 g/mol. The molecule has 0 radical (unpaired) electrons. The lowest BCUT2D eigenvalue weighted by Gasteiger charge is -1.93. The fourth-order valence-electron chi connectivity index (χ4n) is 0.409. The summed E-state index contributed by atoms with van der Waals surface area (Å²) in [5, 5.41) is 0. The number of nitrogens with two attached hydrogens (primary N) is 1. The van der Waals surface area contributed by atoms with Crippen molar-refractivity contribution < 1.29 is 14.2 Å². The van der Waals surface area contributed by atoms with Gasteiger partial charge in [0.05, 0.1) is 6.20 Å². The predicted octanol–water partition coefficient (Wildman–Crippen LogP) is -1.05. The van der Waals surface area contributed by atoms with Gasteiger partial charge in [-0.25, -0.2) is 9.59 Å². The normalized spacial score (nSPS) is 9.20.